The Morgan fingerprint density at radius 3 is 1.15 bits per heavy atom. The van der Waals surface area contributed by atoms with Gasteiger partial charge in [-0.25, -0.2) is 24.9 Å². The van der Waals surface area contributed by atoms with Crippen LogP contribution in [0, 0.1) is 0 Å². The standard InChI is InChI=1S/C74H50N8/c1-48(62-47-63(50-23-7-3-8-24-50)76-72(75-62)51-25-9-4-10-26-51)39-42-64(49(2)71-77-73(52-27-11-5-12-28-52)79-74(78-71)53-29-13-6-14-30-53)82-69-43-40-54(80-65-35-19-15-31-56(65)57-32-16-20-36-66(57)80)45-60(69)61-46-55(41-44-70(61)82)81-67-37-21-17-33-58(67)59-34-18-22-38-68(59)81/h3-47H,1H2,2H3/b42-39-,64-49-. The van der Waals surface area contributed by atoms with Gasteiger partial charge >= 0.3 is 0 Å². The Labute approximate surface area is 473 Å². The normalized spacial score (nSPS) is 12.2. The highest BCUT2D eigenvalue weighted by molar-refractivity contribution is 6.15. The van der Waals surface area contributed by atoms with E-state index in [1.165, 1.54) is 21.5 Å². The molecule has 0 unspecified atom stereocenters. The van der Waals surface area contributed by atoms with Crippen LogP contribution in [0.4, 0.5) is 0 Å². The van der Waals surface area contributed by atoms with Gasteiger partial charge in [0.1, 0.15) is 0 Å². The lowest BCUT2D eigenvalue weighted by Gasteiger charge is -2.16. The predicted octanol–water partition coefficient (Wildman–Crippen LogP) is 18.3. The first-order valence-electron chi connectivity index (χ1n) is 27.5. The number of hydrogen-bond acceptors (Lipinski definition) is 5. The first kappa shape index (κ1) is 48.1. The Morgan fingerprint density at radius 2 is 0.720 bits per heavy atom. The van der Waals surface area contributed by atoms with Crippen molar-refractivity contribution in [1.82, 2.24) is 38.6 Å². The maximum absolute atomic E-state index is 5.33. The van der Waals surface area contributed by atoms with Gasteiger partial charge in [-0.15, -0.1) is 0 Å². The largest absolute Gasteiger partial charge is 0.309 e. The van der Waals surface area contributed by atoms with E-state index >= 15 is 0 Å². The van der Waals surface area contributed by atoms with Crippen LogP contribution in [0.1, 0.15) is 18.4 Å². The molecule has 0 atom stereocenters. The van der Waals surface area contributed by atoms with Crippen molar-refractivity contribution in [2.45, 2.75) is 6.92 Å². The molecule has 0 amide bonds. The summed E-state index contributed by atoms with van der Waals surface area (Å²) < 4.78 is 7.16. The highest BCUT2D eigenvalue weighted by Gasteiger charge is 2.23. The molecule has 8 heteroatoms. The van der Waals surface area contributed by atoms with Crippen LogP contribution in [-0.2, 0) is 0 Å². The fourth-order valence-corrected chi connectivity index (χ4v) is 11.7. The molecule has 0 spiro atoms. The summed E-state index contributed by atoms with van der Waals surface area (Å²) in [5.74, 6) is 2.31. The Morgan fingerprint density at radius 1 is 0.341 bits per heavy atom. The fourth-order valence-electron chi connectivity index (χ4n) is 11.7. The molecule has 0 aliphatic carbocycles. The van der Waals surface area contributed by atoms with Crippen LogP contribution in [0.3, 0.4) is 0 Å². The molecule has 15 rings (SSSR count). The van der Waals surface area contributed by atoms with E-state index in [0.29, 0.717) is 34.6 Å². The van der Waals surface area contributed by atoms with Gasteiger partial charge in [0.05, 0.1) is 50.2 Å². The average molecular weight is 1050 g/mol. The molecule has 5 heterocycles. The lowest BCUT2D eigenvalue weighted by Crippen LogP contribution is -2.05. The van der Waals surface area contributed by atoms with Gasteiger partial charge in [-0.2, -0.15) is 0 Å². The predicted molar refractivity (Wildman–Crippen MR) is 339 cm³/mol. The second-order valence-corrected chi connectivity index (χ2v) is 20.6. The summed E-state index contributed by atoms with van der Waals surface area (Å²) in [7, 11) is 0. The van der Waals surface area contributed by atoms with Crippen LogP contribution in [-0.4, -0.2) is 38.6 Å². The summed E-state index contributed by atoms with van der Waals surface area (Å²) in [5.41, 5.74) is 16.3. The number of benzene rings is 10. The molecule has 82 heavy (non-hydrogen) atoms. The number of allylic oxidation sites excluding steroid dienone is 5. The minimum atomic E-state index is 0.538. The van der Waals surface area contributed by atoms with E-state index in [9.17, 15) is 0 Å². The van der Waals surface area contributed by atoms with Crippen molar-refractivity contribution in [1.29, 1.82) is 0 Å². The highest BCUT2D eigenvalue weighted by atomic mass is 15.1. The van der Waals surface area contributed by atoms with Crippen molar-refractivity contribution < 1.29 is 0 Å². The van der Waals surface area contributed by atoms with Gasteiger partial charge in [-0.05, 0) is 85.3 Å². The number of rotatable bonds is 11. The number of nitrogens with zero attached hydrogens (tertiary/aromatic N) is 8. The monoisotopic (exact) mass is 1050 g/mol. The summed E-state index contributed by atoms with van der Waals surface area (Å²) in [5, 5.41) is 6.99. The van der Waals surface area contributed by atoms with Crippen molar-refractivity contribution in [2.75, 3.05) is 0 Å². The van der Waals surface area contributed by atoms with Crippen LogP contribution < -0.4 is 0 Å². The van der Waals surface area contributed by atoms with Crippen molar-refractivity contribution in [3.05, 3.63) is 291 Å². The zero-order valence-electron chi connectivity index (χ0n) is 44.8. The maximum Gasteiger partial charge on any atom is 0.164 e. The van der Waals surface area contributed by atoms with Gasteiger partial charge in [-0.3, -0.25) is 0 Å². The molecule has 10 aromatic carbocycles. The van der Waals surface area contributed by atoms with Crippen molar-refractivity contribution in [2.24, 2.45) is 0 Å². The molecule has 0 saturated carbocycles. The van der Waals surface area contributed by atoms with Gasteiger partial charge in [0.15, 0.2) is 23.3 Å². The van der Waals surface area contributed by atoms with E-state index in [4.69, 9.17) is 31.5 Å². The fraction of sp³-hybridized carbons (Fsp3) is 0.0135. The number of aromatic nitrogens is 8. The van der Waals surface area contributed by atoms with Crippen LogP contribution in [0.5, 0.6) is 0 Å². The molecule has 0 N–H and O–H groups in total. The van der Waals surface area contributed by atoms with Crippen LogP contribution in [0.2, 0.25) is 0 Å². The van der Waals surface area contributed by atoms with Crippen molar-refractivity contribution >= 4 is 82.3 Å². The van der Waals surface area contributed by atoms with Crippen LogP contribution >= 0.6 is 0 Å². The molecule has 0 aliphatic heterocycles. The Hall–Kier alpha value is -11.1. The van der Waals surface area contributed by atoms with Gasteiger partial charge in [-0.1, -0.05) is 207 Å². The molecule has 386 valence electrons. The number of fused-ring (bicyclic) bond motifs is 9. The van der Waals surface area contributed by atoms with E-state index in [0.717, 1.165) is 94.5 Å². The summed E-state index contributed by atoms with van der Waals surface area (Å²) >= 11 is 0. The van der Waals surface area contributed by atoms with E-state index in [1.54, 1.807) is 0 Å². The summed E-state index contributed by atoms with van der Waals surface area (Å²) in [6, 6.07) is 91.2. The van der Waals surface area contributed by atoms with Gasteiger partial charge in [0, 0.05) is 71.5 Å². The molecule has 5 aromatic heterocycles. The minimum absolute atomic E-state index is 0.538. The van der Waals surface area contributed by atoms with E-state index in [2.05, 4.69) is 178 Å². The minimum Gasteiger partial charge on any atom is -0.309 e. The summed E-state index contributed by atoms with van der Waals surface area (Å²) in [6.45, 7) is 6.85. The molecule has 0 fully saturated rings. The quantitative estimate of drug-likeness (QED) is 0.121. The van der Waals surface area contributed by atoms with E-state index < -0.39 is 0 Å². The molecule has 8 nitrogen and oxygen atoms in total. The third-order valence-electron chi connectivity index (χ3n) is 15.7. The van der Waals surface area contributed by atoms with Crippen LogP contribution in [0.25, 0.3) is 139 Å². The van der Waals surface area contributed by atoms with E-state index in [-0.39, 0.29) is 0 Å². The molecule has 0 radical (unpaired) electrons. The zero-order chi connectivity index (χ0) is 54.7. The Balaban J connectivity index is 1.01. The van der Waals surface area contributed by atoms with E-state index in [1.807, 2.05) is 115 Å². The van der Waals surface area contributed by atoms with Crippen molar-refractivity contribution in [3.8, 4) is 56.8 Å². The second kappa shape index (κ2) is 20.0. The Bertz CT molecular complexity index is 4660. The topological polar surface area (TPSA) is 79.2 Å². The SMILES string of the molecule is C=C(/C=C\C(=C(/C)c1nc(-c2ccccc2)nc(-c2ccccc2)n1)n1c2ccc(-n3c4ccccc4c4ccccc43)cc2c2cc(-n3c4ccccc4c4ccccc43)ccc21)c1cc(-c2ccccc2)nc(-c2ccccc2)n1. The van der Waals surface area contributed by atoms with Gasteiger partial charge < -0.3 is 13.7 Å². The average Bonchev–Trinajstić information content (AvgIpc) is 4.34. The van der Waals surface area contributed by atoms with Gasteiger partial charge in [0.2, 0.25) is 0 Å². The highest BCUT2D eigenvalue weighted by Crippen LogP contribution is 2.41. The lowest BCUT2D eigenvalue weighted by atomic mass is 10.1. The molecular weight excluding hydrogens is 1000 g/mol. The first-order chi connectivity index (χ1) is 40.5. The van der Waals surface area contributed by atoms with Crippen molar-refractivity contribution in [3.63, 3.8) is 0 Å². The number of hydrogen-bond donors (Lipinski definition) is 0. The second-order valence-electron chi connectivity index (χ2n) is 20.6. The summed E-state index contributed by atoms with van der Waals surface area (Å²) in [4.78, 5) is 26.1. The smallest absolute Gasteiger partial charge is 0.164 e. The third-order valence-corrected chi connectivity index (χ3v) is 15.7. The third kappa shape index (κ3) is 8.28. The molecule has 15 aromatic rings. The zero-order valence-corrected chi connectivity index (χ0v) is 44.8. The molecule has 0 saturated heterocycles. The van der Waals surface area contributed by atoms with Gasteiger partial charge in [0.25, 0.3) is 0 Å². The Kier molecular flexibility index (Phi) is 11.7. The molecule has 0 bridgehead atoms. The molecule has 0 aliphatic rings. The first-order valence-corrected chi connectivity index (χ1v) is 27.5. The number of para-hydroxylation sites is 4. The lowest BCUT2D eigenvalue weighted by molar-refractivity contribution is 1.03. The maximum atomic E-state index is 5.33. The van der Waals surface area contributed by atoms with Crippen LogP contribution in [0.15, 0.2) is 280 Å². The summed E-state index contributed by atoms with van der Waals surface area (Å²) in [6.07, 6.45) is 4.22. The molecular formula is C74H50N8.